The third-order valence-electron chi connectivity index (χ3n) is 2.87. The Morgan fingerprint density at radius 3 is 2.13 bits per heavy atom. The van der Waals surface area contributed by atoms with Crippen LogP contribution in [-0.4, -0.2) is 33.3 Å². The van der Waals surface area contributed by atoms with Gasteiger partial charge in [-0.3, -0.25) is 0 Å². The summed E-state index contributed by atoms with van der Waals surface area (Å²) in [6, 6.07) is -0.000642. The molecule has 15 heavy (non-hydrogen) atoms. The zero-order valence-corrected chi connectivity index (χ0v) is 11.2. The van der Waals surface area contributed by atoms with Gasteiger partial charge in [0, 0.05) is 12.6 Å². The Balaban J connectivity index is 4.37. The minimum atomic E-state index is -3.19. The van der Waals surface area contributed by atoms with Gasteiger partial charge in [-0.05, 0) is 26.8 Å². The van der Waals surface area contributed by atoms with Gasteiger partial charge in [0.05, 0.1) is 5.25 Å². The molecule has 0 aromatic rings. The number of nitrogens with one attached hydrogen (secondary N) is 2. The van der Waals surface area contributed by atoms with E-state index in [9.17, 15) is 8.42 Å². The van der Waals surface area contributed by atoms with E-state index in [0.717, 1.165) is 6.42 Å². The van der Waals surface area contributed by atoms with Gasteiger partial charge in [0.15, 0.2) is 0 Å². The van der Waals surface area contributed by atoms with E-state index in [4.69, 9.17) is 0 Å². The average molecular weight is 236 g/mol. The number of hydrogen-bond donors (Lipinski definition) is 2. The fourth-order valence-electron chi connectivity index (χ4n) is 1.24. The van der Waals surface area contributed by atoms with Gasteiger partial charge >= 0.3 is 0 Å². The number of sulfonamides is 1. The maximum Gasteiger partial charge on any atom is 0.215 e. The molecule has 0 amide bonds. The standard InChI is InChI=1S/C10H24N2O2S/c1-6-8(2)10(4)12-15(13,14)9(3)7-11-5/h8-12H,6-7H2,1-5H3. The van der Waals surface area contributed by atoms with Crippen LogP contribution in [-0.2, 0) is 10.0 Å². The van der Waals surface area contributed by atoms with Crippen molar-refractivity contribution in [3.63, 3.8) is 0 Å². The maximum atomic E-state index is 11.8. The van der Waals surface area contributed by atoms with Crippen LogP contribution >= 0.6 is 0 Å². The minimum Gasteiger partial charge on any atom is -0.318 e. The van der Waals surface area contributed by atoms with Crippen molar-refractivity contribution >= 4 is 10.0 Å². The molecule has 92 valence electrons. The Morgan fingerprint density at radius 2 is 1.73 bits per heavy atom. The van der Waals surface area contributed by atoms with E-state index < -0.39 is 15.3 Å². The molecule has 0 aliphatic carbocycles. The van der Waals surface area contributed by atoms with Crippen LogP contribution in [0.5, 0.6) is 0 Å². The van der Waals surface area contributed by atoms with Crippen LogP contribution in [0, 0.1) is 5.92 Å². The van der Waals surface area contributed by atoms with Crippen LogP contribution in [0.4, 0.5) is 0 Å². The second-order valence-corrected chi connectivity index (χ2v) is 6.34. The molecule has 0 aliphatic heterocycles. The summed E-state index contributed by atoms with van der Waals surface area (Å²) in [5.41, 5.74) is 0. The highest BCUT2D eigenvalue weighted by molar-refractivity contribution is 7.90. The van der Waals surface area contributed by atoms with Gasteiger partial charge < -0.3 is 5.32 Å². The molecule has 0 rings (SSSR count). The minimum absolute atomic E-state index is 0.000642. The third kappa shape index (κ3) is 4.95. The lowest BCUT2D eigenvalue weighted by Gasteiger charge is -2.22. The summed E-state index contributed by atoms with van der Waals surface area (Å²) in [6.07, 6.45) is 0.976. The van der Waals surface area contributed by atoms with Crippen molar-refractivity contribution in [1.29, 1.82) is 0 Å². The second kappa shape index (κ2) is 6.45. The molecule has 2 N–H and O–H groups in total. The lowest BCUT2D eigenvalue weighted by Crippen LogP contribution is -2.44. The second-order valence-electron chi connectivity index (χ2n) is 4.21. The molecule has 0 saturated heterocycles. The van der Waals surface area contributed by atoms with E-state index in [1.54, 1.807) is 14.0 Å². The maximum absolute atomic E-state index is 11.8. The van der Waals surface area contributed by atoms with Gasteiger partial charge in [0.1, 0.15) is 0 Å². The van der Waals surface area contributed by atoms with E-state index >= 15 is 0 Å². The van der Waals surface area contributed by atoms with Crippen LogP contribution < -0.4 is 10.0 Å². The first kappa shape index (κ1) is 14.9. The quantitative estimate of drug-likeness (QED) is 0.692. The summed E-state index contributed by atoms with van der Waals surface area (Å²) in [5.74, 6) is 0.363. The number of hydrogen-bond acceptors (Lipinski definition) is 3. The van der Waals surface area contributed by atoms with Gasteiger partial charge in [0.2, 0.25) is 10.0 Å². The largest absolute Gasteiger partial charge is 0.318 e. The molecule has 0 aromatic heterocycles. The zero-order chi connectivity index (χ0) is 12.1. The van der Waals surface area contributed by atoms with Gasteiger partial charge in [0.25, 0.3) is 0 Å². The third-order valence-corrected chi connectivity index (χ3v) is 4.80. The first-order valence-electron chi connectivity index (χ1n) is 5.50. The van der Waals surface area contributed by atoms with Crippen LogP contribution in [0.15, 0.2) is 0 Å². The van der Waals surface area contributed by atoms with Crippen molar-refractivity contribution in [1.82, 2.24) is 10.0 Å². The summed E-state index contributed by atoms with van der Waals surface area (Å²) < 4.78 is 26.3. The van der Waals surface area contributed by atoms with E-state index in [-0.39, 0.29) is 6.04 Å². The Labute approximate surface area is 93.9 Å². The van der Waals surface area contributed by atoms with E-state index in [1.165, 1.54) is 0 Å². The molecule has 0 radical (unpaired) electrons. The van der Waals surface area contributed by atoms with E-state index in [2.05, 4.69) is 23.9 Å². The topological polar surface area (TPSA) is 58.2 Å². The van der Waals surface area contributed by atoms with Crippen molar-refractivity contribution < 1.29 is 8.42 Å². The molecule has 0 heterocycles. The summed E-state index contributed by atoms with van der Waals surface area (Å²) in [5, 5.41) is 2.48. The van der Waals surface area contributed by atoms with Crippen LogP contribution in [0.25, 0.3) is 0 Å². The molecule has 3 atom stereocenters. The van der Waals surface area contributed by atoms with Crippen molar-refractivity contribution in [2.75, 3.05) is 13.6 Å². The lowest BCUT2D eigenvalue weighted by atomic mass is 10.0. The van der Waals surface area contributed by atoms with Crippen molar-refractivity contribution in [2.24, 2.45) is 5.92 Å². The molecule has 0 aliphatic rings. The molecular weight excluding hydrogens is 212 g/mol. The molecule has 5 heteroatoms. The SMILES string of the molecule is CCC(C)C(C)NS(=O)(=O)C(C)CNC. The monoisotopic (exact) mass is 236 g/mol. The highest BCUT2D eigenvalue weighted by atomic mass is 32.2. The average Bonchev–Trinajstić information content (AvgIpc) is 2.16. The molecular formula is C10H24N2O2S. The molecule has 3 unspecified atom stereocenters. The molecule has 0 fully saturated rings. The number of rotatable bonds is 7. The van der Waals surface area contributed by atoms with E-state index in [1.807, 2.05) is 6.92 Å². The highest BCUT2D eigenvalue weighted by Gasteiger charge is 2.23. The predicted molar refractivity (Wildman–Crippen MR) is 64.4 cm³/mol. The lowest BCUT2D eigenvalue weighted by molar-refractivity contribution is 0.431. The Bertz CT molecular complexity index is 265. The molecule has 0 aromatic carbocycles. The molecule has 0 saturated carbocycles. The van der Waals surface area contributed by atoms with Gasteiger partial charge in [-0.2, -0.15) is 0 Å². The van der Waals surface area contributed by atoms with Crippen LogP contribution in [0.1, 0.15) is 34.1 Å². The van der Waals surface area contributed by atoms with Crippen molar-refractivity contribution in [2.45, 2.75) is 45.4 Å². The van der Waals surface area contributed by atoms with Crippen molar-refractivity contribution in [3.05, 3.63) is 0 Å². The van der Waals surface area contributed by atoms with Crippen LogP contribution in [0.3, 0.4) is 0 Å². The summed E-state index contributed by atoms with van der Waals surface area (Å²) in [7, 11) is -1.44. The molecule has 0 spiro atoms. The predicted octanol–water partition coefficient (Wildman–Crippen LogP) is 0.948. The normalized spacial score (nSPS) is 18.5. The van der Waals surface area contributed by atoms with Crippen molar-refractivity contribution in [3.8, 4) is 0 Å². The first-order valence-corrected chi connectivity index (χ1v) is 7.05. The fraction of sp³-hybridized carbons (Fsp3) is 1.00. The van der Waals surface area contributed by atoms with Gasteiger partial charge in [-0.25, -0.2) is 13.1 Å². The van der Waals surface area contributed by atoms with E-state index in [0.29, 0.717) is 12.5 Å². The first-order chi connectivity index (χ1) is 6.85. The van der Waals surface area contributed by atoms with Crippen LogP contribution in [0.2, 0.25) is 0 Å². The summed E-state index contributed by atoms with van der Waals surface area (Å²) >= 11 is 0. The summed E-state index contributed by atoms with van der Waals surface area (Å²) in [6.45, 7) is 8.21. The Morgan fingerprint density at radius 1 is 1.20 bits per heavy atom. The highest BCUT2D eigenvalue weighted by Crippen LogP contribution is 2.09. The molecule has 4 nitrogen and oxygen atoms in total. The van der Waals surface area contributed by atoms with Gasteiger partial charge in [-0.15, -0.1) is 0 Å². The van der Waals surface area contributed by atoms with Gasteiger partial charge in [-0.1, -0.05) is 20.3 Å². The molecule has 0 bridgehead atoms. The fourth-order valence-corrected chi connectivity index (χ4v) is 2.61. The summed E-state index contributed by atoms with van der Waals surface area (Å²) in [4.78, 5) is 0. The smallest absolute Gasteiger partial charge is 0.215 e. The Hall–Kier alpha value is -0.130. The zero-order valence-electron chi connectivity index (χ0n) is 10.4. The Kier molecular flexibility index (Phi) is 6.40.